The molecule has 16 heavy (non-hydrogen) atoms. The van der Waals surface area contributed by atoms with Gasteiger partial charge in [0.05, 0.1) is 12.4 Å². The molecule has 5 heteroatoms. The summed E-state index contributed by atoms with van der Waals surface area (Å²) in [7, 11) is 0. The molecule has 84 valence electrons. The molecule has 0 atom stereocenters. The van der Waals surface area contributed by atoms with Gasteiger partial charge in [-0.15, -0.1) is 0 Å². The molecule has 1 fully saturated rings. The van der Waals surface area contributed by atoms with Crippen molar-refractivity contribution in [1.29, 1.82) is 5.26 Å². The van der Waals surface area contributed by atoms with Gasteiger partial charge in [0.1, 0.15) is 11.9 Å². The van der Waals surface area contributed by atoms with Crippen molar-refractivity contribution in [3.63, 3.8) is 0 Å². The van der Waals surface area contributed by atoms with Crippen molar-refractivity contribution in [2.24, 2.45) is 5.41 Å². The van der Waals surface area contributed by atoms with Gasteiger partial charge in [0, 0.05) is 13.2 Å². The second kappa shape index (κ2) is 4.45. The van der Waals surface area contributed by atoms with Crippen molar-refractivity contribution in [1.82, 2.24) is 9.97 Å². The lowest BCUT2D eigenvalue weighted by atomic mass is 10.0. The van der Waals surface area contributed by atoms with E-state index in [9.17, 15) is 0 Å². The highest BCUT2D eigenvalue weighted by atomic mass is 16.3. The number of nitrogens with one attached hydrogen (secondary N) is 1. The first-order valence-electron chi connectivity index (χ1n) is 5.35. The average molecular weight is 218 g/mol. The van der Waals surface area contributed by atoms with Crippen LogP contribution in [0, 0.1) is 16.7 Å². The SMILES string of the molecule is N#Cc1cnc(NCC2(CCO)CC2)cn1. The van der Waals surface area contributed by atoms with Gasteiger partial charge >= 0.3 is 0 Å². The molecule has 0 saturated heterocycles. The second-order valence-electron chi connectivity index (χ2n) is 4.23. The maximum atomic E-state index is 8.92. The van der Waals surface area contributed by atoms with E-state index in [1.165, 1.54) is 6.20 Å². The number of aliphatic hydroxyl groups excluding tert-OH is 1. The largest absolute Gasteiger partial charge is 0.396 e. The number of nitriles is 1. The second-order valence-corrected chi connectivity index (χ2v) is 4.23. The van der Waals surface area contributed by atoms with Gasteiger partial charge in [-0.3, -0.25) is 0 Å². The van der Waals surface area contributed by atoms with Crippen LogP contribution in [-0.4, -0.2) is 28.2 Å². The van der Waals surface area contributed by atoms with Gasteiger partial charge in [-0.2, -0.15) is 5.26 Å². The fourth-order valence-electron chi connectivity index (χ4n) is 1.68. The van der Waals surface area contributed by atoms with Crippen molar-refractivity contribution in [3.8, 4) is 6.07 Å². The molecule has 0 spiro atoms. The first-order chi connectivity index (χ1) is 7.78. The molecule has 1 heterocycles. The number of rotatable bonds is 5. The maximum Gasteiger partial charge on any atom is 0.158 e. The topological polar surface area (TPSA) is 81.8 Å². The summed E-state index contributed by atoms with van der Waals surface area (Å²) in [6, 6.07) is 1.92. The lowest BCUT2D eigenvalue weighted by Crippen LogP contribution is -2.17. The molecular weight excluding hydrogens is 204 g/mol. The molecule has 0 aromatic carbocycles. The van der Waals surface area contributed by atoms with Crippen LogP contribution in [0.2, 0.25) is 0 Å². The summed E-state index contributed by atoms with van der Waals surface area (Å²) in [5, 5.41) is 20.7. The predicted octanol–water partition coefficient (Wildman–Crippen LogP) is 0.923. The zero-order valence-electron chi connectivity index (χ0n) is 8.98. The van der Waals surface area contributed by atoms with Crippen LogP contribution in [0.1, 0.15) is 25.0 Å². The van der Waals surface area contributed by atoms with E-state index in [0.717, 1.165) is 25.8 Å². The number of nitrogens with zero attached hydrogens (tertiary/aromatic N) is 3. The van der Waals surface area contributed by atoms with Crippen LogP contribution in [0.5, 0.6) is 0 Å². The molecular formula is C11H14N4O. The Labute approximate surface area is 94.2 Å². The summed E-state index contributed by atoms with van der Waals surface area (Å²) in [6.07, 6.45) is 6.17. The standard InChI is InChI=1S/C11H14N4O/c12-5-9-6-14-10(7-13-9)15-8-11(1-2-11)3-4-16/h6-7,16H,1-4,8H2,(H,14,15). The number of aromatic nitrogens is 2. The minimum absolute atomic E-state index is 0.237. The van der Waals surface area contributed by atoms with Crippen LogP contribution in [0.25, 0.3) is 0 Å². The van der Waals surface area contributed by atoms with Crippen molar-refractivity contribution >= 4 is 5.82 Å². The zero-order chi connectivity index (χ0) is 11.4. The van der Waals surface area contributed by atoms with E-state index in [1.54, 1.807) is 6.20 Å². The van der Waals surface area contributed by atoms with E-state index in [0.29, 0.717) is 11.5 Å². The normalized spacial score (nSPS) is 16.5. The molecule has 0 bridgehead atoms. The van der Waals surface area contributed by atoms with Gasteiger partial charge in [-0.05, 0) is 24.7 Å². The van der Waals surface area contributed by atoms with E-state index in [4.69, 9.17) is 10.4 Å². The number of anilines is 1. The molecule has 1 aliphatic carbocycles. The molecule has 1 saturated carbocycles. The van der Waals surface area contributed by atoms with E-state index in [2.05, 4.69) is 15.3 Å². The molecule has 5 nitrogen and oxygen atoms in total. The highest BCUT2D eigenvalue weighted by Gasteiger charge is 2.41. The predicted molar refractivity (Wildman–Crippen MR) is 58.6 cm³/mol. The fourth-order valence-corrected chi connectivity index (χ4v) is 1.68. The third kappa shape index (κ3) is 2.47. The number of aliphatic hydroxyl groups is 1. The fraction of sp³-hybridized carbons (Fsp3) is 0.545. The Morgan fingerprint density at radius 1 is 1.44 bits per heavy atom. The van der Waals surface area contributed by atoms with E-state index < -0.39 is 0 Å². The lowest BCUT2D eigenvalue weighted by molar-refractivity contribution is 0.253. The van der Waals surface area contributed by atoms with Crippen LogP contribution in [0.3, 0.4) is 0 Å². The zero-order valence-corrected chi connectivity index (χ0v) is 8.98. The molecule has 2 N–H and O–H groups in total. The summed E-state index contributed by atoms with van der Waals surface area (Å²) in [5.74, 6) is 0.684. The van der Waals surface area contributed by atoms with E-state index in [-0.39, 0.29) is 12.0 Å². The highest BCUT2D eigenvalue weighted by Crippen LogP contribution is 2.48. The summed E-state index contributed by atoms with van der Waals surface area (Å²) in [6.45, 7) is 1.05. The molecule has 1 aromatic heterocycles. The van der Waals surface area contributed by atoms with Gasteiger partial charge in [-0.25, -0.2) is 9.97 Å². The lowest BCUT2D eigenvalue weighted by Gasteiger charge is -2.14. The Morgan fingerprint density at radius 3 is 2.75 bits per heavy atom. The van der Waals surface area contributed by atoms with E-state index >= 15 is 0 Å². The van der Waals surface area contributed by atoms with Crippen molar-refractivity contribution in [3.05, 3.63) is 18.1 Å². The first-order valence-corrected chi connectivity index (χ1v) is 5.35. The Kier molecular flexibility index (Phi) is 3.02. The third-order valence-corrected chi connectivity index (χ3v) is 3.01. The first kappa shape index (κ1) is 10.8. The molecule has 0 aliphatic heterocycles. The smallest absolute Gasteiger partial charge is 0.158 e. The summed E-state index contributed by atoms with van der Waals surface area (Å²) in [5.41, 5.74) is 0.576. The Balaban J connectivity index is 1.88. The summed E-state index contributed by atoms with van der Waals surface area (Å²) >= 11 is 0. The minimum Gasteiger partial charge on any atom is -0.396 e. The quantitative estimate of drug-likeness (QED) is 0.768. The van der Waals surface area contributed by atoms with Crippen molar-refractivity contribution in [2.75, 3.05) is 18.5 Å². The molecule has 1 aromatic rings. The van der Waals surface area contributed by atoms with E-state index in [1.807, 2.05) is 6.07 Å². The highest BCUT2D eigenvalue weighted by molar-refractivity contribution is 5.33. The third-order valence-electron chi connectivity index (χ3n) is 3.01. The van der Waals surface area contributed by atoms with Gasteiger partial charge in [0.15, 0.2) is 5.69 Å². The maximum absolute atomic E-state index is 8.92. The molecule has 0 radical (unpaired) electrons. The van der Waals surface area contributed by atoms with Gasteiger partial charge in [0.2, 0.25) is 0 Å². The van der Waals surface area contributed by atoms with Crippen LogP contribution in [-0.2, 0) is 0 Å². The summed E-state index contributed by atoms with van der Waals surface area (Å²) in [4.78, 5) is 8.01. The number of hydrogen-bond donors (Lipinski definition) is 2. The molecule has 0 unspecified atom stereocenters. The van der Waals surface area contributed by atoms with Crippen LogP contribution >= 0.6 is 0 Å². The van der Waals surface area contributed by atoms with Gasteiger partial charge in [-0.1, -0.05) is 0 Å². The van der Waals surface area contributed by atoms with Gasteiger partial charge < -0.3 is 10.4 Å². The van der Waals surface area contributed by atoms with Crippen LogP contribution < -0.4 is 5.32 Å². The minimum atomic E-state index is 0.237. The average Bonchev–Trinajstić information content (AvgIpc) is 3.08. The van der Waals surface area contributed by atoms with Crippen molar-refractivity contribution < 1.29 is 5.11 Å². The Bertz CT molecular complexity index is 391. The monoisotopic (exact) mass is 218 g/mol. The Morgan fingerprint density at radius 2 is 2.25 bits per heavy atom. The molecule has 1 aliphatic rings. The summed E-state index contributed by atoms with van der Waals surface area (Å²) < 4.78 is 0. The van der Waals surface area contributed by atoms with Crippen LogP contribution in [0.15, 0.2) is 12.4 Å². The van der Waals surface area contributed by atoms with Crippen molar-refractivity contribution in [2.45, 2.75) is 19.3 Å². The molecule has 2 rings (SSSR count). The number of hydrogen-bond acceptors (Lipinski definition) is 5. The Hall–Kier alpha value is -1.67. The van der Waals surface area contributed by atoms with Crippen LogP contribution in [0.4, 0.5) is 5.82 Å². The molecule has 0 amide bonds. The van der Waals surface area contributed by atoms with Gasteiger partial charge in [0.25, 0.3) is 0 Å².